The molecule has 0 atom stereocenters. The van der Waals surface area contributed by atoms with Gasteiger partial charge >= 0.3 is 0 Å². The van der Waals surface area contributed by atoms with Crippen LogP contribution >= 0.6 is 0 Å². The molecule has 0 bridgehead atoms. The summed E-state index contributed by atoms with van der Waals surface area (Å²) in [4.78, 5) is -0.398. The maximum atomic E-state index is 15.5. The molecule has 0 amide bonds. The molecule has 0 spiro atoms. The predicted molar refractivity (Wildman–Crippen MR) is 283 cm³/mol. The fourth-order valence-corrected chi connectivity index (χ4v) is 35.2. The molecule has 2 aromatic carbocycles. The van der Waals surface area contributed by atoms with E-state index in [1.165, 1.54) is 13.8 Å². The second-order valence-electron chi connectivity index (χ2n) is 24.5. The highest BCUT2D eigenvalue weighted by Gasteiger charge is 2.60. The fraction of sp³-hybridized carbons (Fsp3) is 0.542. The van der Waals surface area contributed by atoms with E-state index in [1.807, 2.05) is 135 Å². The molecule has 2 aromatic rings. The molecule has 4 aliphatic heterocycles. The molecule has 5 aliphatic rings. The molecule has 1 aliphatic carbocycles. The lowest BCUT2D eigenvalue weighted by Gasteiger charge is -2.39. The zero-order valence-corrected chi connectivity index (χ0v) is 50.4. The maximum Gasteiger partial charge on any atom is 0.200 e. The van der Waals surface area contributed by atoms with Crippen molar-refractivity contribution >= 4 is 95.9 Å². The van der Waals surface area contributed by atoms with Crippen molar-refractivity contribution in [2.75, 3.05) is 0 Å². The first-order valence-corrected chi connectivity index (χ1v) is 40.2. The van der Waals surface area contributed by atoms with Gasteiger partial charge in [-0.05, 0) is 44.5 Å². The molecule has 0 radical (unpaired) electrons. The third kappa shape index (κ3) is 7.02. The van der Waals surface area contributed by atoms with Crippen molar-refractivity contribution in [3.63, 3.8) is 0 Å². The summed E-state index contributed by atoms with van der Waals surface area (Å²) in [7, 11) is -28.8. The summed E-state index contributed by atoms with van der Waals surface area (Å²) in [6.45, 7) is 43.1. The van der Waals surface area contributed by atoms with Crippen LogP contribution in [0.25, 0.3) is 46.6 Å². The van der Waals surface area contributed by atoms with Crippen molar-refractivity contribution in [1.82, 2.24) is 0 Å². The minimum Gasteiger partial charge on any atom is -0.219 e. The summed E-state index contributed by atoms with van der Waals surface area (Å²) in [5, 5.41) is 12.9. The third-order valence-corrected chi connectivity index (χ3v) is 53.3. The summed E-state index contributed by atoms with van der Waals surface area (Å²) in [5.74, 6) is 0. The Kier molecular flexibility index (Phi) is 12.5. The average Bonchev–Trinajstić information content (AvgIpc) is 3.74. The van der Waals surface area contributed by atoms with Gasteiger partial charge in [0, 0.05) is 76.5 Å². The third-order valence-electron chi connectivity index (χ3n) is 16.8. The molecule has 0 fully saturated rings. The molecule has 360 valence electrons. The van der Waals surface area contributed by atoms with E-state index in [1.54, 1.807) is 36.4 Å². The van der Waals surface area contributed by atoms with Crippen LogP contribution in [0.5, 0.6) is 0 Å². The Bertz CT molecular complexity index is 2820. The number of hydrogen-bond donors (Lipinski definition) is 0. The van der Waals surface area contributed by atoms with Crippen LogP contribution in [-0.2, 0) is 39.3 Å². The molecule has 0 saturated carbocycles. The molecule has 18 heteroatoms. The van der Waals surface area contributed by atoms with Crippen molar-refractivity contribution in [2.45, 2.75) is 189 Å². The molecule has 10 nitrogen and oxygen atoms in total. The Morgan fingerprint density at radius 2 is 0.470 bits per heavy atom. The topological polar surface area (TPSA) is 184 Å². The Hall–Kier alpha value is -2.95. The fourth-order valence-electron chi connectivity index (χ4n) is 8.88. The van der Waals surface area contributed by atoms with Gasteiger partial charge in [-0.2, -0.15) is 10.5 Å². The van der Waals surface area contributed by atoms with Gasteiger partial charge in [-0.25, -0.2) is 33.7 Å². The van der Waals surface area contributed by atoms with Gasteiger partial charge in [-0.15, -0.1) is 0 Å². The summed E-state index contributed by atoms with van der Waals surface area (Å²) >= 11 is 0. The highest BCUT2D eigenvalue weighted by atomic mass is 32.2. The van der Waals surface area contributed by atoms with Gasteiger partial charge in [0.1, 0.15) is 32.3 Å². The number of nitrogens with zero attached hydrogens (tertiary/aromatic N) is 2. The molecule has 0 unspecified atom stereocenters. The standard InChI is InChI=1S/C44H64O8S4Si4.2C2H3N/c1-41(2,3)57(13,14)29-21-25-26-22-30(58(15,16)42(4,5)6)54(47,48)38(26)34-33(37(25)53(29,45)46)35-36(34)40-28(24-32(56(40,51)52)60(19,20)44(10,11)12)27-23-31(55(49,50)39(27)35)59(17,18)43(7,8)9;2*1-2-3/h21-24H,1-20H3;2*1H3. The van der Waals surface area contributed by atoms with E-state index in [4.69, 9.17) is 10.5 Å². The van der Waals surface area contributed by atoms with E-state index in [0.717, 1.165) is 0 Å². The summed E-state index contributed by atoms with van der Waals surface area (Å²) in [6.07, 6.45) is 6.70. The maximum absolute atomic E-state index is 15.5. The van der Waals surface area contributed by atoms with E-state index in [0.29, 0.717) is 0 Å². The Morgan fingerprint density at radius 3 is 0.576 bits per heavy atom. The number of nitriles is 2. The highest BCUT2D eigenvalue weighted by molar-refractivity contribution is 8.00. The Balaban J connectivity index is 0.00000129. The van der Waals surface area contributed by atoms with Gasteiger partial charge in [-0.1, -0.05) is 135 Å². The largest absolute Gasteiger partial charge is 0.219 e. The Morgan fingerprint density at radius 1 is 0.348 bits per heavy atom. The van der Waals surface area contributed by atoms with Crippen molar-refractivity contribution in [1.29, 1.82) is 10.5 Å². The van der Waals surface area contributed by atoms with Gasteiger partial charge in [-0.3, -0.25) is 0 Å². The van der Waals surface area contributed by atoms with E-state index in [-0.39, 0.29) is 82.2 Å². The van der Waals surface area contributed by atoms with Gasteiger partial charge < -0.3 is 0 Å². The van der Waals surface area contributed by atoms with Crippen molar-refractivity contribution in [3.05, 3.63) is 40.4 Å². The van der Waals surface area contributed by atoms with Gasteiger partial charge in [0.2, 0.25) is 0 Å². The lowest BCUT2D eigenvalue weighted by Crippen LogP contribution is -2.42. The van der Waals surface area contributed by atoms with Crippen LogP contribution in [0, 0.1) is 22.7 Å². The molecule has 0 N–H and O–H groups in total. The normalized spacial score (nSPS) is 19.5. The van der Waals surface area contributed by atoms with Gasteiger partial charge in [0.05, 0.1) is 31.7 Å². The van der Waals surface area contributed by atoms with Crippen LogP contribution in [0.4, 0.5) is 0 Å². The van der Waals surface area contributed by atoms with Gasteiger partial charge in [0.15, 0.2) is 39.3 Å². The predicted octanol–water partition coefficient (Wildman–Crippen LogP) is 13.1. The molecule has 7 rings (SSSR count). The minimum atomic E-state index is -4.34. The lowest BCUT2D eigenvalue weighted by atomic mass is 9.76. The Labute approximate surface area is 401 Å². The first-order chi connectivity index (χ1) is 29.2. The van der Waals surface area contributed by atoms with Crippen molar-refractivity contribution in [2.24, 2.45) is 0 Å². The van der Waals surface area contributed by atoms with Crippen LogP contribution in [0.2, 0.25) is 72.5 Å². The monoisotopic (exact) mass is 1040 g/mol. The lowest BCUT2D eigenvalue weighted by molar-refractivity contribution is 0.598. The van der Waals surface area contributed by atoms with E-state index in [2.05, 4.69) is 0 Å². The second-order valence-corrected chi connectivity index (χ2v) is 54.5. The average molecular weight is 1040 g/mol. The SMILES string of the molecule is CC#N.CC#N.CC(C)(C)[Si](C)(C)C1=Cc2c3c(c4c(c2S1(=O)=O)-c1c-4c2c(c4c1S(=O)(=O)C([Si](C)(C)C(C)(C)C)=C4)C=C([Si](C)(C)C(C)(C)C)S2(=O)=O)S(=O)(=O)C([Si](C)(C)C(C)(C)C)=C3. The number of sulfone groups is 4. The molecule has 0 saturated heterocycles. The molecule has 0 aromatic heterocycles. The highest BCUT2D eigenvalue weighted by Crippen LogP contribution is 2.69. The number of hydrogen-bond acceptors (Lipinski definition) is 10. The minimum absolute atomic E-state index is 0.0284. The summed E-state index contributed by atoms with van der Waals surface area (Å²) in [6, 6.07) is 3.50. The van der Waals surface area contributed by atoms with Gasteiger partial charge in [0.25, 0.3) is 0 Å². The second kappa shape index (κ2) is 15.3. The van der Waals surface area contributed by atoms with Crippen LogP contribution in [-0.4, -0.2) is 66.0 Å². The number of benzene rings is 2. The molecular weight excluding hydrogens is 973 g/mol. The molecular formula is C48H70N2O8S4Si4. The van der Waals surface area contributed by atoms with Crippen molar-refractivity contribution < 1.29 is 33.7 Å². The first kappa shape index (κ1) is 54.0. The zero-order chi connectivity index (χ0) is 51.5. The number of fused-ring (bicyclic) bond motifs is 14. The van der Waals surface area contributed by atoms with Crippen molar-refractivity contribution in [3.8, 4) is 34.4 Å². The van der Waals surface area contributed by atoms with E-state index >= 15 is 33.7 Å². The molecule has 66 heavy (non-hydrogen) atoms. The van der Waals surface area contributed by atoms with Crippen LogP contribution < -0.4 is 0 Å². The summed E-state index contributed by atoms with van der Waals surface area (Å²) < 4.78 is 125. The zero-order valence-electron chi connectivity index (χ0n) is 43.1. The first-order valence-electron chi connectivity index (χ1n) is 22.2. The number of rotatable bonds is 4. The van der Waals surface area contributed by atoms with Crippen LogP contribution in [0.15, 0.2) is 37.7 Å². The van der Waals surface area contributed by atoms with E-state index < -0.39 is 91.8 Å². The smallest absolute Gasteiger partial charge is 0.200 e. The molecule has 4 heterocycles. The van der Waals surface area contributed by atoms with E-state index in [9.17, 15) is 0 Å². The summed E-state index contributed by atoms with van der Waals surface area (Å²) in [5.41, 5.74) is 1.16. The quantitative estimate of drug-likeness (QED) is 0.228. The van der Waals surface area contributed by atoms with Crippen LogP contribution in [0.1, 0.15) is 119 Å². The van der Waals surface area contributed by atoms with Crippen LogP contribution in [0.3, 0.4) is 0 Å².